The summed E-state index contributed by atoms with van der Waals surface area (Å²) in [5.41, 5.74) is 2.12. The fourth-order valence-electron chi connectivity index (χ4n) is 4.04. The molecule has 0 spiro atoms. The summed E-state index contributed by atoms with van der Waals surface area (Å²) in [5, 5.41) is 12.0. The van der Waals surface area contributed by atoms with Crippen LogP contribution in [0, 0.1) is 0 Å². The Morgan fingerprint density at radius 1 is 1.23 bits per heavy atom. The van der Waals surface area contributed by atoms with Crippen LogP contribution in [0.3, 0.4) is 0 Å². The minimum Gasteiger partial charge on any atom is -0.507 e. The van der Waals surface area contributed by atoms with Crippen molar-refractivity contribution in [2.24, 2.45) is 0 Å². The maximum absolute atomic E-state index is 13.0. The maximum atomic E-state index is 13.0. The van der Waals surface area contributed by atoms with Gasteiger partial charge in [0.1, 0.15) is 18.1 Å². The number of benzene rings is 2. The number of Topliss-reactive ketones (excluding diaryl/α,β-unsaturated/α-hetero) is 1. The fraction of sp³-hybridized carbons (Fsp3) is 0.200. The highest BCUT2D eigenvalue weighted by Crippen LogP contribution is 2.41. The zero-order chi connectivity index (χ0) is 22.0. The molecule has 0 bridgehead atoms. The van der Waals surface area contributed by atoms with Crippen LogP contribution in [0.25, 0.3) is 16.7 Å². The van der Waals surface area contributed by atoms with E-state index in [0.717, 1.165) is 10.9 Å². The lowest BCUT2D eigenvalue weighted by molar-refractivity contribution is -0.139. The standard InChI is InChI=1S/C25H24N2O4/c1-3-12-27-22(16-8-7-9-17(14-16)31-13-4-2)21(24(29)25(27)30)23(28)19-15-26-20-11-6-5-10-18(19)20/h4-11,14-15,22,26,28H,2-3,12-13H2,1H3/b23-21-. The van der Waals surface area contributed by atoms with Crippen molar-refractivity contribution in [1.29, 1.82) is 0 Å². The molecule has 158 valence electrons. The molecule has 1 unspecified atom stereocenters. The summed E-state index contributed by atoms with van der Waals surface area (Å²) in [6.45, 7) is 6.34. The van der Waals surface area contributed by atoms with Crippen LogP contribution in [0.2, 0.25) is 0 Å². The van der Waals surface area contributed by atoms with Gasteiger partial charge in [-0.25, -0.2) is 0 Å². The SMILES string of the molecule is C=CCOc1cccc(C2/C(=C(/O)c3c[nH]c4ccccc34)C(=O)C(=O)N2CCC)c1. The van der Waals surface area contributed by atoms with Gasteiger partial charge in [-0.3, -0.25) is 9.59 Å². The van der Waals surface area contributed by atoms with Crippen LogP contribution in [0.15, 0.2) is 73.0 Å². The van der Waals surface area contributed by atoms with Crippen molar-refractivity contribution >= 4 is 28.4 Å². The highest BCUT2D eigenvalue weighted by molar-refractivity contribution is 6.46. The summed E-state index contributed by atoms with van der Waals surface area (Å²) < 4.78 is 5.64. The van der Waals surface area contributed by atoms with Crippen LogP contribution in [-0.4, -0.2) is 39.8 Å². The van der Waals surface area contributed by atoms with Gasteiger partial charge in [0.25, 0.3) is 11.7 Å². The number of carbonyl (C=O) groups excluding carboxylic acids is 2. The van der Waals surface area contributed by atoms with E-state index in [1.54, 1.807) is 24.4 Å². The number of fused-ring (bicyclic) bond motifs is 1. The second-order valence-corrected chi connectivity index (χ2v) is 7.41. The monoisotopic (exact) mass is 416 g/mol. The summed E-state index contributed by atoms with van der Waals surface area (Å²) in [4.78, 5) is 30.5. The summed E-state index contributed by atoms with van der Waals surface area (Å²) in [6.07, 6.45) is 3.99. The molecule has 6 nitrogen and oxygen atoms in total. The molecule has 2 heterocycles. The third-order valence-electron chi connectivity index (χ3n) is 5.39. The molecule has 1 saturated heterocycles. The van der Waals surface area contributed by atoms with Gasteiger partial charge in [-0.05, 0) is 30.2 Å². The van der Waals surface area contributed by atoms with Gasteiger partial charge >= 0.3 is 0 Å². The van der Waals surface area contributed by atoms with Crippen molar-refractivity contribution < 1.29 is 19.4 Å². The molecule has 4 rings (SSSR count). The molecule has 1 aliphatic heterocycles. The van der Waals surface area contributed by atoms with E-state index >= 15 is 0 Å². The minimum absolute atomic E-state index is 0.0871. The smallest absolute Gasteiger partial charge is 0.295 e. The number of para-hydroxylation sites is 1. The number of H-pyrrole nitrogens is 1. The highest BCUT2D eigenvalue weighted by atomic mass is 16.5. The number of ketones is 1. The van der Waals surface area contributed by atoms with Gasteiger partial charge in [-0.1, -0.05) is 49.9 Å². The van der Waals surface area contributed by atoms with Crippen molar-refractivity contribution in [3.8, 4) is 5.75 Å². The lowest BCUT2D eigenvalue weighted by Gasteiger charge is -2.25. The molecule has 6 heteroatoms. The molecule has 2 aromatic carbocycles. The highest BCUT2D eigenvalue weighted by Gasteiger charge is 2.46. The zero-order valence-corrected chi connectivity index (χ0v) is 17.3. The lowest BCUT2D eigenvalue weighted by Crippen LogP contribution is -2.30. The van der Waals surface area contributed by atoms with Gasteiger partial charge in [0.2, 0.25) is 0 Å². The Bertz CT molecular complexity index is 1190. The van der Waals surface area contributed by atoms with E-state index in [1.165, 1.54) is 4.90 Å². The first-order valence-corrected chi connectivity index (χ1v) is 10.2. The van der Waals surface area contributed by atoms with E-state index in [9.17, 15) is 14.7 Å². The van der Waals surface area contributed by atoms with E-state index in [1.807, 2.05) is 43.3 Å². The Morgan fingerprint density at radius 3 is 2.81 bits per heavy atom. The number of likely N-dealkylation sites (tertiary alicyclic amines) is 1. The average Bonchev–Trinajstić information content (AvgIpc) is 3.32. The molecule has 0 radical (unpaired) electrons. The molecular formula is C25H24N2O4. The molecule has 1 atom stereocenters. The summed E-state index contributed by atoms with van der Waals surface area (Å²) in [5.74, 6) is -0.868. The Hall–Kier alpha value is -3.80. The van der Waals surface area contributed by atoms with Gasteiger partial charge in [0.15, 0.2) is 0 Å². The quantitative estimate of drug-likeness (QED) is 0.256. The van der Waals surface area contributed by atoms with Gasteiger partial charge in [-0.15, -0.1) is 0 Å². The summed E-state index contributed by atoms with van der Waals surface area (Å²) in [7, 11) is 0. The zero-order valence-electron chi connectivity index (χ0n) is 17.3. The third kappa shape index (κ3) is 3.61. The first-order chi connectivity index (χ1) is 15.1. The van der Waals surface area contributed by atoms with Gasteiger partial charge in [0, 0.05) is 29.2 Å². The number of aliphatic hydroxyl groups is 1. The Kier molecular flexibility index (Phi) is 5.62. The number of hydrogen-bond acceptors (Lipinski definition) is 4. The second-order valence-electron chi connectivity index (χ2n) is 7.41. The van der Waals surface area contributed by atoms with Gasteiger partial charge in [0.05, 0.1) is 11.6 Å². The Balaban J connectivity index is 1.88. The van der Waals surface area contributed by atoms with E-state index in [-0.39, 0.29) is 11.3 Å². The Labute approximate surface area is 180 Å². The van der Waals surface area contributed by atoms with Crippen LogP contribution < -0.4 is 4.74 Å². The van der Waals surface area contributed by atoms with E-state index in [0.29, 0.717) is 36.4 Å². The third-order valence-corrected chi connectivity index (χ3v) is 5.39. The predicted molar refractivity (Wildman–Crippen MR) is 120 cm³/mol. The molecule has 3 aromatic rings. The number of hydrogen-bond donors (Lipinski definition) is 2. The number of nitrogens with one attached hydrogen (secondary N) is 1. The van der Waals surface area contributed by atoms with Gasteiger partial charge < -0.3 is 19.7 Å². The first kappa shape index (κ1) is 20.5. The van der Waals surface area contributed by atoms with Crippen molar-refractivity contribution in [1.82, 2.24) is 9.88 Å². The van der Waals surface area contributed by atoms with Crippen LogP contribution in [-0.2, 0) is 9.59 Å². The fourth-order valence-corrected chi connectivity index (χ4v) is 4.04. The topological polar surface area (TPSA) is 82.6 Å². The van der Waals surface area contributed by atoms with Crippen LogP contribution >= 0.6 is 0 Å². The van der Waals surface area contributed by atoms with Crippen molar-refractivity contribution in [3.05, 3.63) is 84.1 Å². The molecule has 2 N–H and O–H groups in total. The number of rotatable bonds is 7. The minimum atomic E-state index is -0.694. The molecule has 1 fully saturated rings. The van der Waals surface area contributed by atoms with E-state index in [4.69, 9.17) is 4.74 Å². The molecule has 31 heavy (non-hydrogen) atoms. The maximum Gasteiger partial charge on any atom is 0.295 e. The number of aliphatic hydroxyl groups excluding tert-OH is 1. The first-order valence-electron chi connectivity index (χ1n) is 10.2. The van der Waals surface area contributed by atoms with Gasteiger partial charge in [-0.2, -0.15) is 0 Å². The second kappa shape index (κ2) is 8.52. The van der Waals surface area contributed by atoms with E-state index in [2.05, 4.69) is 11.6 Å². The number of ether oxygens (including phenoxy) is 1. The largest absolute Gasteiger partial charge is 0.507 e. The molecule has 1 amide bonds. The Morgan fingerprint density at radius 2 is 2.03 bits per heavy atom. The van der Waals surface area contributed by atoms with Crippen LogP contribution in [0.4, 0.5) is 0 Å². The van der Waals surface area contributed by atoms with Crippen LogP contribution in [0.1, 0.15) is 30.5 Å². The van der Waals surface area contributed by atoms with Crippen molar-refractivity contribution in [2.45, 2.75) is 19.4 Å². The summed E-state index contributed by atoms with van der Waals surface area (Å²) in [6, 6.07) is 14.1. The molecule has 0 aliphatic carbocycles. The number of nitrogens with zero attached hydrogens (tertiary/aromatic N) is 1. The lowest BCUT2D eigenvalue weighted by atomic mass is 9.95. The molecule has 0 saturated carbocycles. The average molecular weight is 416 g/mol. The van der Waals surface area contributed by atoms with E-state index < -0.39 is 17.7 Å². The van der Waals surface area contributed by atoms with Crippen molar-refractivity contribution in [2.75, 3.05) is 13.2 Å². The summed E-state index contributed by atoms with van der Waals surface area (Å²) >= 11 is 0. The number of carbonyl (C=O) groups is 2. The number of aromatic nitrogens is 1. The van der Waals surface area contributed by atoms with Crippen molar-refractivity contribution in [3.63, 3.8) is 0 Å². The molecule has 1 aliphatic rings. The molecule has 1 aromatic heterocycles. The number of aromatic amines is 1. The number of amides is 1. The molecular weight excluding hydrogens is 392 g/mol. The van der Waals surface area contributed by atoms with Crippen LogP contribution in [0.5, 0.6) is 5.75 Å². The predicted octanol–water partition coefficient (Wildman–Crippen LogP) is 4.56. The normalized spacial score (nSPS) is 18.0.